The second-order valence-corrected chi connectivity index (χ2v) is 13.9. The van der Waals surface area contributed by atoms with Crippen molar-refractivity contribution in [1.29, 1.82) is 0 Å². The summed E-state index contributed by atoms with van der Waals surface area (Å²) in [5.74, 6) is -6.58. The van der Waals surface area contributed by atoms with E-state index in [1.165, 1.54) is 6.92 Å². The lowest BCUT2D eigenvalue weighted by molar-refractivity contribution is -0.388. The lowest BCUT2D eigenvalue weighted by Crippen LogP contribution is -2.71. The molecular weight excluding hydrogens is 752 g/mol. The number of aliphatic hydroxyl groups is 11. The number of carbonyl (C=O) groups excluding carboxylic acids is 2. The van der Waals surface area contributed by atoms with E-state index in [1.54, 1.807) is 0 Å². The molecule has 4 heterocycles. The Morgan fingerprint density at radius 1 is 0.764 bits per heavy atom. The Morgan fingerprint density at radius 2 is 1.36 bits per heavy atom. The number of rotatable bonds is 14. The van der Waals surface area contributed by atoms with Gasteiger partial charge in [0.15, 0.2) is 18.9 Å². The average Bonchev–Trinajstić information content (AvgIpc) is 3.12. The van der Waals surface area contributed by atoms with Gasteiger partial charge in [0.1, 0.15) is 73.2 Å². The number of aliphatic hydroxyl groups excluding tert-OH is 11. The molecule has 4 aliphatic rings. The van der Waals surface area contributed by atoms with Gasteiger partial charge in [0.05, 0.1) is 44.2 Å². The lowest BCUT2D eigenvalue weighted by Gasteiger charge is -2.51. The first-order valence-electron chi connectivity index (χ1n) is 17.5. The number of nitrogens with one attached hydrogen (secondary N) is 2. The van der Waals surface area contributed by atoms with Crippen LogP contribution in [0.4, 0.5) is 0 Å². The Morgan fingerprint density at radius 3 is 1.93 bits per heavy atom. The van der Waals surface area contributed by atoms with Crippen LogP contribution in [0.15, 0.2) is 0 Å². The molecule has 0 spiro atoms. The molecule has 0 aliphatic carbocycles. The van der Waals surface area contributed by atoms with E-state index in [-0.39, 0.29) is 6.42 Å². The number of hydrogen-bond acceptors (Lipinski definition) is 21. The molecule has 0 aromatic carbocycles. The number of ether oxygens (including phenoxy) is 7. The zero-order valence-electron chi connectivity index (χ0n) is 30.0. The van der Waals surface area contributed by atoms with Gasteiger partial charge in [-0.2, -0.15) is 0 Å². The molecule has 55 heavy (non-hydrogen) atoms. The van der Waals surface area contributed by atoms with Crippen LogP contribution >= 0.6 is 0 Å². The van der Waals surface area contributed by atoms with Crippen molar-refractivity contribution in [3.8, 4) is 0 Å². The van der Waals surface area contributed by atoms with E-state index >= 15 is 0 Å². The Bertz CT molecular complexity index is 1300. The highest BCUT2D eigenvalue weighted by Crippen LogP contribution is 2.39. The van der Waals surface area contributed by atoms with Crippen LogP contribution in [0.3, 0.4) is 0 Å². The van der Waals surface area contributed by atoms with Crippen molar-refractivity contribution in [2.75, 3.05) is 19.8 Å². The first kappa shape index (κ1) is 45.4. The van der Waals surface area contributed by atoms with Crippen LogP contribution in [0.2, 0.25) is 0 Å². The van der Waals surface area contributed by atoms with Crippen LogP contribution in [-0.2, 0) is 47.5 Å². The summed E-state index contributed by atoms with van der Waals surface area (Å²) < 4.78 is 40.0. The third kappa shape index (κ3) is 10.1. The summed E-state index contributed by atoms with van der Waals surface area (Å²) in [6, 6.07) is -3.11. The van der Waals surface area contributed by atoms with E-state index in [4.69, 9.17) is 33.2 Å². The molecule has 4 saturated heterocycles. The van der Waals surface area contributed by atoms with Crippen LogP contribution in [-0.4, -0.2) is 221 Å². The number of hydrogen-bond donors (Lipinski definition) is 14. The molecule has 0 aromatic heterocycles. The van der Waals surface area contributed by atoms with E-state index in [9.17, 15) is 75.7 Å². The van der Waals surface area contributed by atoms with E-state index < -0.39 is 166 Å². The zero-order chi connectivity index (χ0) is 41.1. The van der Waals surface area contributed by atoms with Crippen LogP contribution in [0, 0.1) is 0 Å². The van der Waals surface area contributed by atoms with E-state index in [0.29, 0.717) is 0 Å². The summed E-state index contributed by atoms with van der Waals surface area (Å²) in [7, 11) is 0. The first-order valence-corrected chi connectivity index (χ1v) is 17.5. The Kier molecular flexibility index (Phi) is 15.7. The molecule has 20 atom stereocenters. The molecule has 0 bridgehead atoms. The Balaban J connectivity index is 1.70. The van der Waals surface area contributed by atoms with Gasteiger partial charge in [-0.25, -0.2) is 4.79 Å². The number of carboxylic acids is 1. The largest absolute Gasteiger partial charge is 0.477 e. The van der Waals surface area contributed by atoms with Gasteiger partial charge >= 0.3 is 5.97 Å². The van der Waals surface area contributed by atoms with Crippen LogP contribution in [0.5, 0.6) is 0 Å². The molecule has 0 radical (unpaired) electrons. The summed E-state index contributed by atoms with van der Waals surface area (Å²) in [5, 5.41) is 131. The fourth-order valence-corrected chi connectivity index (χ4v) is 6.93. The van der Waals surface area contributed by atoms with Crippen LogP contribution in [0.25, 0.3) is 0 Å². The minimum Gasteiger partial charge on any atom is -0.477 e. The summed E-state index contributed by atoms with van der Waals surface area (Å²) in [4.78, 5) is 37.0. The van der Waals surface area contributed by atoms with E-state index in [0.717, 1.165) is 13.8 Å². The molecule has 318 valence electrons. The fraction of sp³-hybridized carbons (Fsp3) is 0.903. The van der Waals surface area contributed by atoms with Gasteiger partial charge in [0, 0.05) is 26.7 Å². The van der Waals surface area contributed by atoms with Crippen molar-refractivity contribution in [2.45, 2.75) is 156 Å². The molecular formula is C31H52N2O22. The molecule has 14 N–H and O–H groups in total. The number of carboxylic acid groups (broad SMARTS) is 1. The second-order valence-electron chi connectivity index (χ2n) is 13.9. The van der Waals surface area contributed by atoms with Gasteiger partial charge in [-0.3, -0.25) is 9.59 Å². The highest BCUT2D eigenvalue weighted by atomic mass is 16.8. The van der Waals surface area contributed by atoms with Gasteiger partial charge < -0.3 is 105 Å². The second kappa shape index (κ2) is 19.0. The van der Waals surface area contributed by atoms with Crippen molar-refractivity contribution in [2.24, 2.45) is 0 Å². The summed E-state index contributed by atoms with van der Waals surface area (Å²) in [5.41, 5.74) is 0. The van der Waals surface area contributed by atoms with Gasteiger partial charge in [-0.1, -0.05) is 0 Å². The Labute approximate surface area is 313 Å². The van der Waals surface area contributed by atoms with Crippen molar-refractivity contribution in [3.05, 3.63) is 0 Å². The van der Waals surface area contributed by atoms with E-state index in [1.807, 2.05) is 0 Å². The first-order chi connectivity index (χ1) is 25.8. The molecule has 0 unspecified atom stereocenters. The van der Waals surface area contributed by atoms with Gasteiger partial charge in [0.25, 0.3) is 5.79 Å². The predicted molar refractivity (Wildman–Crippen MR) is 171 cm³/mol. The molecule has 24 heteroatoms. The topological polar surface area (TPSA) is 383 Å². The molecule has 24 nitrogen and oxygen atoms in total. The number of aliphatic carboxylic acids is 1. The molecule has 4 aliphatic heterocycles. The van der Waals surface area contributed by atoms with Crippen molar-refractivity contribution in [3.63, 3.8) is 0 Å². The molecule has 0 aromatic rings. The summed E-state index contributed by atoms with van der Waals surface area (Å²) in [6.45, 7) is 0.577. The van der Waals surface area contributed by atoms with Crippen molar-refractivity contribution < 1.29 is 109 Å². The van der Waals surface area contributed by atoms with Gasteiger partial charge in [-0.05, 0) is 6.92 Å². The molecule has 4 rings (SSSR count). The highest BCUT2D eigenvalue weighted by Gasteiger charge is 2.60. The van der Waals surface area contributed by atoms with E-state index in [2.05, 4.69) is 10.6 Å². The normalized spacial score (nSPS) is 44.9. The number of amides is 2. The third-order valence-corrected chi connectivity index (χ3v) is 9.82. The smallest absolute Gasteiger partial charge is 0.364 e. The fourth-order valence-electron chi connectivity index (χ4n) is 6.93. The minimum atomic E-state index is -3.09. The maximum atomic E-state index is 12.8. The maximum absolute atomic E-state index is 12.8. The Hall–Kier alpha value is -2.31. The third-order valence-electron chi connectivity index (χ3n) is 9.82. The molecule has 0 saturated carbocycles. The quantitative estimate of drug-likeness (QED) is 0.0775. The van der Waals surface area contributed by atoms with Gasteiger partial charge in [0.2, 0.25) is 11.8 Å². The highest BCUT2D eigenvalue weighted by molar-refractivity contribution is 5.76. The maximum Gasteiger partial charge on any atom is 0.364 e. The SMILES string of the molecule is CC(=O)N[C@@H]1[C@@H](O[C@@H]2O[C@@H](C)[C@@H](O)C[C@@H]2O)[C@H](O[C@@H]2O[C@H](CO)[C@H](O)[C@H](O[C@]3(C(=O)O)C[C@H](O)[C@@H](NC(C)=O)[C@H]([C@H](O)[C@H](O)CO)O3)[C@H]2O)[C@@H](CO)O[C@H]1O. The minimum absolute atomic E-state index is 0.221. The van der Waals surface area contributed by atoms with Crippen molar-refractivity contribution >= 4 is 17.8 Å². The monoisotopic (exact) mass is 804 g/mol. The molecule has 4 fully saturated rings. The standard InChI is InChI=1S/C31H52N2O22/c1-9-12(39)4-13(40)28(49-9)53-25-19(33-11(3)38)27(46)50-17(8-36)23(25)52-29-22(45)26(21(44)16(7-35)51-29)55-31(30(47)48)5-14(41)18(32-10(2)37)24(54-31)20(43)15(42)6-34/h9,12-29,34-36,39-46H,4-8H2,1-3H3,(H,32,37)(H,33,38)(H,47,48)/t9-,12-,13-,14-,15+,16+,17+,18+,19+,20+,21-,22+,23+,24+,25+,26-,27+,28-,29-,31-/m0/s1. The van der Waals surface area contributed by atoms with Crippen LogP contribution < -0.4 is 10.6 Å². The lowest BCUT2D eigenvalue weighted by atomic mass is 9.88. The number of carbonyl (C=O) groups is 3. The van der Waals surface area contributed by atoms with Gasteiger partial charge in [-0.15, -0.1) is 0 Å². The summed E-state index contributed by atoms with van der Waals surface area (Å²) >= 11 is 0. The molecule has 2 amide bonds. The van der Waals surface area contributed by atoms with Crippen LogP contribution in [0.1, 0.15) is 33.6 Å². The zero-order valence-corrected chi connectivity index (χ0v) is 30.0. The van der Waals surface area contributed by atoms with Crippen molar-refractivity contribution in [1.82, 2.24) is 10.6 Å². The average molecular weight is 805 g/mol. The predicted octanol–water partition coefficient (Wildman–Crippen LogP) is -8.20. The summed E-state index contributed by atoms with van der Waals surface area (Å²) in [6.07, 6.45) is -31.4.